The molecule has 3 nitrogen and oxygen atoms in total. The molecule has 0 aromatic heterocycles. The smallest absolute Gasteiger partial charge is 0.122 e. The molecule has 0 saturated carbocycles. The molecule has 21 heavy (non-hydrogen) atoms. The standard InChI is InChI=1S/C18H29NO2/c1-4-7-17-13-16(10-11-21-17)19-14(2)12-15-8-5-6-9-18(15)20-3/h5-6,8-9,14,16-17,19H,4,7,10-13H2,1-3H3. The lowest BCUT2D eigenvalue weighted by Gasteiger charge is -2.32. The largest absolute Gasteiger partial charge is 0.496 e. The third-order valence-corrected chi connectivity index (χ3v) is 4.22. The maximum absolute atomic E-state index is 5.82. The van der Waals surface area contributed by atoms with E-state index in [9.17, 15) is 0 Å². The fraction of sp³-hybridized carbons (Fsp3) is 0.667. The van der Waals surface area contributed by atoms with Crippen molar-refractivity contribution in [3.05, 3.63) is 29.8 Å². The first-order chi connectivity index (χ1) is 10.2. The summed E-state index contributed by atoms with van der Waals surface area (Å²) in [5.41, 5.74) is 1.28. The van der Waals surface area contributed by atoms with Crippen LogP contribution in [0.3, 0.4) is 0 Å². The molecule has 3 atom stereocenters. The monoisotopic (exact) mass is 291 g/mol. The van der Waals surface area contributed by atoms with Gasteiger partial charge in [-0.15, -0.1) is 0 Å². The van der Waals surface area contributed by atoms with Crippen LogP contribution in [-0.4, -0.2) is 31.9 Å². The van der Waals surface area contributed by atoms with Crippen molar-refractivity contribution in [1.82, 2.24) is 5.32 Å². The maximum atomic E-state index is 5.82. The Balaban J connectivity index is 1.85. The number of ether oxygens (including phenoxy) is 2. The van der Waals surface area contributed by atoms with Crippen LogP contribution in [0.1, 0.15) is 45.1 Å². The zero-order chi connectivity index (χ0) is 15.1. The maximum Gasteiger partial charge on any atom is 0.122 e. The second kappa shape index (κ2) is 8.40. The van der Waals surface area contributed by atoms with Crippen LogP contribution in [0.2, 0.25) is 0 Å². The molecule has 0 radical (unpaired) electrons. The Hall–Kier alpha value is -1.06. The first kappa shape index (κ1) is 16.3. The van der Waals surface area contributed by atoms with Crippen LogP contribution in [0.25, 0.3) is 0 Å². The molecular weight excluding hydrogens is 262 g/mol. The number of benzene rings is 1. The minimum atomic E-state index is 0.444. The van der Waals surface area contributed by atoms with Crippen molar-refractivity contribution in [2.45, 2.75) is 64.1 Å². The van der Waals surface area contributed by atoms with Crippen LogP contribution in [0.5, 0.6) is 5.75 Å². The highest BCUT2D eigenvalue weighted by Gasteiger charge is 2.23. The third kappa shape index (κ3) is 5.01. The quantitative estimate of drug-likeness (QED) is 0.833. The molecule has 1 heterocycles. The minimum absolute atomic E-state index is 0.444. The van der Waals surface area contributed by atoms with Gasteiger partial charge in [0.15, 0.2) is 0 Å². The van der Waals surface area contributed by atoms with Crippen molar-refractivity contribution in [3.63, 3.8) is 0 Å². The highest BCUT2D eigenvalue weighted by molar-refractivity contribution is 5.33. The predicted octanol–water partition coefficient (Wildman–Crippen LogP) is 3.56. The molecule has 0 spiro atoms. The Morgan fingerprint density at radius 3 is 2.95 bits per heavy atom. The fourth-order valence-corrected chi connectivity index (χ4v) is 3.22. The molecule has 0 amide bonds. The van der Waals surface area contributed by atoms with Crippen LogP contribution in [0.4, 0.5) is 0 Å². The van der Waals surface area contributed by atoms with Gasteiger partial charge in [0, 0.05) is 18.7 Å². The summed E-state index contributed by atoms with van der Waals surface area (Å²) < 4.78 is 11.3. The fourth-order valence-electron chi connectivity index (χ4n) is 3.22. The second-order valence-corrected chi connectivity index (χ2v) is 6.09. The van der Waals surface area contributed by atoms with Gasteiger partial charge < -0.3 is 14.8 Å². The van der Waals surface area contributed by atoms with Gasteiger partial charge in [-0.05, 0) is 44.2 Å². The van der Waals surface area contributed by atoms with E-state index in [1.54, 1.807) is 7.11 Å². The summed E-state index contributed by atoms with van der Waals surface area (Å²) in [5.74, 6) is 0.988. The predicted molar refractivity (Wildman–Crippen MR) is 87.0 cm³/mol. The van der Waals surface area contributed by atoms with Crippen LogP contribution in [-0.2, 0) is 11.2 Å². The molecule has 1 fully saturated rings. The van der Waals surface area contributed by atoms with E-state index in [0.29, 0.717) is 18.2 Å². The molecule has 1 aliphatic rings. The van der Waals surface area contributed by atoms with Crippen LogP contribution >= 0.6 is 0 Å². The lowest BCUT2D eigenvalue weighted by atomic mass is 9.98. The van der Waals surface area contributed by atoms with E-state index in [4.69, 9.17) is 9.47 Å². The summed E-state index contributed by atoms with van der Waals surface area (Å²) >= 11 is 0. The minimum Gasteiger partial charge on any atom is -0.496 e. The summed E-state index contributed by atoms with van der Waals surface area (Å²) in [7, 11) is 1.74. The molecule has 0 bridgehead atoms. The molecular formula is C18H29NO2. The van der Waals surface area contributed by atoms with Crippen molar-refractivity contribution in [2.75, 3.05) is 13.7 Å². The molecule has 118 valence electrons. The van der Waals surface area contributed by atoms with Gasteiger partial charge in [0.2, 0.25) is 0 Å². The number of nitrogens with one attached hydrogen (secondary N) is 1. The zero-order valence-electron chi connectivity index (χ0n) is 13.6. The Labute approximate surface area is 129 Å². The lowest BCUT2D eigenvalue weighted by Crippen LogP contribution is -2.43. The topological polar surface area (TPSA) is 30.5 Å². The summed E-state index contributed by atoms with van der Waals surface area (Å²) in [4.78, 5) is 0. The number of hydrogen-bond donors (Lipinski definition) is 1. The van der Waals surface area contributed by atoms with Gasteiger partial charge in [-0.3, -0.25) is 0 Å². The van der Waals surface area contributed by atoms with E-state index in [1.165, 1.54) is 18.4 Å². The first-order valence-corrected chi connectivity index (χ1v) is 8.22. The Bertz CT molecular complexity index is 419. The van der Waals surface area contributed by atoms with E-state index in [1.807, 2.05) is 12.1 Å². The zero-order valence-corrected chi connectivity index (χ0v) is 13.6. The van der Waals surface area contributed by atoms with Crippen LogP contribution in [0.15, 0.2) is 24.3 Å². The van der Waals surface area contributed by atoms with Gasteiger partial charge in [-0.1, -0.05) is 31.5 Å². The van der Waals surface area contributed by atoms with E-state index < -0.39 is 0 Å². The highest BCUT2D eigenvalue weighted by atomic mass is 16.5. The van der Waals surface area contributed by atoms with Gasteiger partial charge in [0.05, 0.1) is 13.2 Å². The Kier molecular flexibility index (Phi) is 6.52. The Morgan fingerprint density at radius 1 is 1.38 bits per heavy atom. The number of methoxy groups -OCH3 is 1. The van der Waals surface area contributed by atoms with Crippen LogP contribution < -0.4 is 10.1 Å². The van der Waals surface area contributed by atoms with Crippen molar-refractivity contribution in [1.29, 1.82) is 0 Å². The van der Waals surface area contributed by atoms with Gasteiger partial charge in [0.1, 0.15) is 5.75 Å². The van der Waals surface area contributed by atoms with Crippen LogP contribution in [0, 0.1) is 0 Å². The van der Waals surface area contributed by atoms with E-state index >= 15 is 0 Å². The van der Waals surface area contributed by atoms with Crippen molar-refractivity contribution in [2.24, 2.45) is 0 Å². The molecule has 1 aromatic rings. The number of rotatable bonds is 7. The van der Waals surface area contributed by atoms with Gasteiger partial charge >= 0.3 is 0 Å². The molecule has 1 aromatic carbocycles. The van der Waals surface area contributed by atoms with Gasteiger partial charge in [-0.2, -0.15) is 0 Å². The molecule has 3 unspecified atom stereocenters. The summed E-state index contributed by atoms with van der Waals surface area (Å²) in [6, 6.07) is 9.32. The number of hydrogen-bond acceptors (Lipinski definition) is 3. The van der Waals surface area contributed by atoms with Crippen molar-refractivity contribution >= 4 is 0 Å². The van der Waals surface area contributed by atoms with Gasteiger partial charge in [0.25, 0.3) is 0 Å². The highest BCUT2D eigenvalue weighted by Crippen LogP contribution is 2.21. The SMILES string of the molecule is CCCC1CC(NC(C)Cc2ccccc2OC)CCO1. The Morgan fingerprint density at radius 2 is 2.19 bits per heavy atom. The van der Waals surface area contributed by atoms with E-state index in [2.05, 4.69) is 31.3 Å². The van der Waals surface area contributed by atoms with Crippen molar-refractivity contribution in [3.8, 4) is 5.75 Å². The molecule has 1 N–H and O–H groups in total. The normalized spacial score (nSPS) is 23.8. The molecule has 1 aliphatic heterocycles. The third-order valence-electron chi connectivity index (χ3n) is 4.22. The summed E-state index contributed by atoms with van der Waals surface area (Å²) in [6.45, 7) is 5.38. The van der Waals surface area contributed by atoms with E-state index in [0.717, 1.165) is 31.6 Å². The molecule has 3 heteroatoms. The van der Waals surface area contributed by atoms with Gasteiger partial charge in [-0.25, -0.2) is 0 Å². The second-order valence-electron chi connectivity index (χ2n) is 6.09. The number of para-hydroxylation sites is 1. The van der Waals surface area contributed by atoms with E-state index in [-0.39, 0.29) is 0 Å². The average molecular weight is 291 g/mol. The lowest BCUT2D eigenvalue weighted by molar-refractivity contribution is -0.00466. The first-order valence-electron chi connectivity index (χ1n) is 8.22. The van der Waals surface area contributed by atoms with Crippen molar-refractivity contribution < 1.29 is 9.47 Å². The average Bonchev–Trinajstić information content (AvgIpc) is 2.48. The molecule has 2 rings (SSSR count). The summed E-state index contributed by atoms with van der Waals surface area (Å²) in [6.07, 6.45) is 6.09. The molecule has 1 saturated heterocycles. The summed E-state index contributed by atoms with van der Waals surface area (Å²) in [5, 5.41) is 3.77. The molecule has 0 aliphatic carbocycles.